The number of fused-ring (bicyclic) bond motifs is 1. The summed E-state index contributed by atoms with van der Waals surface area (Å²) in [5.74, 6) is 1.86. The molecule has 0 radical (unpaired) electrons. The van der Waals surface area contributed by atoms with E-state index in [2.05, 4.69) is 92.1 Å². The molecule has 4 nitrogen and oxygen atoms in total. The fraction of sp³-hybridized carbons (Fsp3) is 0.480. The van der Waals surface area contributed by atoms with E-state index in [9.17, 15) is 0 Å². The van der Waals surface area contributed by atoms with Gasteiger partial charge in [0, 0.05) is 11.6 Å². The lowest BCUT2D eigenvalue weighted by molar-refractivity contribution is 0.492. The largest absolute Gasteiger partial charge is 0.544 e. The summed E-state index contributed by atoms with van der Waals surface area (Å²) in [7, 11) is -3.71. The molecule has 3 aromatic rings. The Labute approximate surface area is 189 Å². The number of hydrogen-bond acceptors (Lipinski definition) is 3. The van der Waals surface area contributed by atoms with Crippen LogP contribution < -0.4 is 8.85 Å². The first kappa shape index (κ1) is 23.6. The summed E-state index contributed by atoms with van der Waals surface area (Å²) in [6, 6.07) is 14.4. The van der Waals surface area contributed by atoms with Gasteiger partial charge in [-0.1, -0.05) is 41.5 Å². The Morgan fingerprint density at radius 1 is 0.710 bits per heavy atom. The Bertz CT molecular complexity index is 1060. The van der Waals surface area contributed by atoms with Crippen LogP contribution in [0.1, 0.15) is 41.5 Å². The van der Waals surface area contributed by atoms with Crippen molar-refractivity contribution in [2.75, 3.05) is 0 Å². The van der Waals surface area contributed by atoms with E-state index in [-0.39, 0.29) is 10.1 Å². The van der Waals surface area contributed by atoms with Gasteiger partial charge in [0.05, 0.1) is 11.2 Å². The van der Waals surface area contributed by atoms with Crippen LogP contribution in [-0.2, 0) is 0 Å². The standard InChI is InChI=1S/C25H38N2O2Si2/c1-24(2,3)30(7,8)28-21-13-11-20(12-14-21)27-18-19-17-22(15-16-23(19)26-27)29-31(9,10)25(4,5)6/h11-18H,1-10H3. The van der Waals surface area contributed by atoms with Gasteiger partial charge >= 0.3 is 0 Å². The second-order valence-corrected chi connectivity index (χ2v) is 21.0. The van der Waals surface area contributed by atoms with E-state index in [1.165, 1.54) is 0 Å². The molecule has 0 unspecified atom stereocenters. The molecule has 0 saturated heterocycles. The van der Waals surface area contributed by atoms with Gasteiger partial charge in [0.2, 0.25) is 16.6 Å². The average Bonchev–Trinajstić information content (AvgIpc) is 3.03. The Morgan fingerprint density at radius 2 is 1.19 bits per heavy atom. The highest BCUT2D eigenvalue weighted by Gasteiger charge is 2.39. The Balaban J connectivity index is 1.82. The molecule has 2 aromatic carbocycles. The molecule has 6 heteroatoms. The molecule has 0 bridgehead atoms. The van der Waals surface area contributed by atoms with Gasteiger partial charge in [0.1, 0.15) is 11.5 Å². The topological polar surface area (TPSA) is 36.3 Å². The van der Waals surface area contributed by atoms with Crippen molar-refractivity contribution in [3.8, 4) is 17.2 Å². The Kier molecular flexibility index (Phi) is 5.95. The number of benzene rings is 2. The highest BCUT2D eigenvalue weighted by molar-refractivity contribution is 6.75. The lowest BCUT2D eigenvalue weighted by Crippen LogP contribution is -2.43. The van der Waals surface area contributed by atoms with Gasteiger partial charge in [-0.25, -0.2) is 4.68 Å². The molecule has 0 fully saturated rings. The third-order valence-electron chi connectivity index (χ3n) is 6.94. The molecule has 3 rings (SSSR count). The molecule has 0 amide bonds. The summed E-state index contributed by atoms with van der Waals surface area (Å²) >= 11 is 0. The second kappa shape index (κ2) is 7.82. The van der Waals surface area contributed by atoms with Crippen LogP contribution in [0, 0.1) is 0 Å². The van der Waals surface area contributed by atoms with E-state index in [0.29, 0.717) is 0 Å². The third kappa shape index (κ3) is 5.06. The highest BCUT2D eigenvalue weighted by atomic mass is 28.4. The van der Waals surface area contributed by atoms with Crippen molar-refractivity contribution in [1.29, 1.82) is 0 Å². The first-order valence-corrected chi connectivity index (χ1v) is 16.9. The molecule has 0 aliphatic heterocycles. The van der Waals surface area contributed by atoms with Crippen molar-refractivity contribution < 1.29 is 8.85 Å². The van der Waals surface area contributed by atoms with Gasteiger partial charge in [-0.05, 0) is 78.7 Å². The van der Waals surface area contributed by atoms with Crippen LogP contribution in [0.15, 0.2) is 48.7 Å². The van der Waals surface area contributed by atoms with Crippen LogP contribution in [0.3, 0.4) is 0 Å². The van der Waals surface area contributed by atoms with Crippen molar-refractivity contribution in [2.45, 2.75) is 77.8 Å². The van der Waals surface area contributed by atoms with Crippen LogP contribution in [-0.4, -0.2) is 26.4 Å². The van der Waals surface area contributed by atoms with Crippen molar-refractivity contribution in [3.63, 3.8) is 0 Å². The Hall–Kier alpha value is -2.06. The zero-order valence-corrected chi connectivity index (χ0v) is 22.8. The fourth-order valence-electron chi connectivity index (χ4n) is 2.76. The zero-order valence-electron chi connectivity index (χ0n) is 20.8. The zero-order chi connectivity index (χ0) is 23.2. The predicted molar refractivity (Wildman–Crippen MR) is 137 cm³/mol. The van der Waals surface area contributed by atoms with Crippen LogP contribution in [0.5, 0.6) is 11.5 Å². The minimum absolute atomic E-state index is 0.167. The van der Waals surface area contributed by atoms with E-state index in [1.54, 1.807) is 0 Å². The number of nitrogens with zero attached hydrogens (tertiary/aromatic N) is 2. The Morgan fingerprint density at radius 3 is 1.71 bits per heavy atom. The number of hydrogen-bond donors (Lipinski definition) is 0. The normalized spacial score (nSPS) is 13.5. The quantitative estimate of drug-likeness (QED) is 0.369. The predicted octanol–water partition coefficient (Wildman–Crippen LogP) is 7.79. The molecule has 0 N–H and O–H groups in total. The van der Waals surface area contributed by atoms with E-state index in [0.717, 1.165) is 28.1 Å². The maximum absolute atomic E-state index is 6.47. The van der Waals surface area contributed by atoms with E-state index < -0.39 is 16.6 Å². The number of rotatable bonds is 5. The van der Waals surface area contributed by atoms with Crippen LogP contribution in [0.4, 0.5) is 0 Å². The second-order valence-electron chi connectivity index (χ2n) is 11.5. The molecule has 1 aromatic heterocycles. The van der Waals surface area contributed by atoms with Gasteiger partial charge < -0.3 is 8.85 Å². The molecule has 1 heterocycles. The van der Waals surface area contributed by atoms with Gasteiger partial charge in [0.15, 0.2) is 0 Å². The van der Waals surface area contributed by atoms with Gasteiger partial charge in [0.25, 0.3) is 0 Å². The molecular formula is C25H38N2O2Si2. The molecule has 31 heavy (non-hydrogen) atoms. The van der Waals surface area contributed by atoms with Crippen molar-refractivity contribution in [2.24, 2.45) is 0 Å². The maximum Gasteiger partial charge on any atom is 0.250 e. The third-order valence-corrected chi connectivity index (χ3v) is 15.7. The molecule has 168 valence electrons. The van der Waals surface area contributed by atoms with Gasteiger partial charge in [-0.15, -0.1) is 0 Å². The fourth-order valence-corrected chi connectivity index (χ4v) is 4.82. The number of aromatic nitrogens is 2. The van der Waals surface area contributed by atoms with Crippen molar-refractivity contribution >= 4 is 27.5 Å². The SMILES string of the molecule is CC(C)(C)[Si](C)(C)Oc1ccc(-n2cc3cc(O[Si](C)(C)C(C)(C)C)ccc3n2)cc1. The molecule has 0 aliphatic carbocycles. The summed E-state index contributed by atoms with van der Waals surface area (Å²) < 4.78 is 14.8. The monoisotopic (exact) mass is 454 g/mol. The molecule has 0 saturated carbocycles. The first-order chi connectivity index (χ1) is 14.1. The molecule has 0 aliphatic rings. The average molecular weight is 455 g/mol. The lowest BCUT2D eigenvalue weighted by Gasteiger charge is -2.36. The maximum atomic E-state index is 6.47. The van der Waals surface area contributed by atoms with Gasteiger partial charge in [-0.3, -0.25) is 0 Å². The summed E-state index contributed by atoms with van der Waals surface area (Å²) in [5, 5.41) is 6.18. The van der Waals surface area contributed by atoms with E-state index in [1.807, 2.05) is 28.9 Å². The van der Waals surface area contributed by atoms with Crippen LogP contribution >= 0.6 is 0 Å². The minimum Gasteiger partial charge on any atom is -0.544 e. The lowest BCUT2D eigenvalue weighted by atomic mass is 10.2. The molecule has 0 spiro atoms. The van der Waals surface area contributed by atoms with Crippen molar-refractivity contribution in [3.05, 3.63) is 48.7 Å². The summed E-state index contributed by atoms with van der Waals surface area (Å²) in [4.78, 5) is 0. The summed E-state index contributed by atoms with van der Waals surface area (Å²) in [5.41, 5.74) is 1.98. The molecule has 0 atom stereocenters. The van der Waals surface area contributed by atoms with Crippen LogP contribution in [0.2, 0.25) is 36.3 Å². The summed E-state index contributed by atoms with van der Waals surface area (Å²) in [6.45, 7) is 22.6. The van der Waals surface area contributed by atoms with E-state index >= 15 is 0 Å². The smallest absolute Gasteiger partial charge is 0.250 e. The molecular weight excluding hydrogens is 416 g/mol. The van der Waals surface area contributed by atoms with Crippen LogP contribution in [0.25, 0.3) is 16.6 Å². The van der Waals surface area contributed by atoms with E-state index in [4.69, 9.17) is 14.0 Å². The summed E-state index contributed by atoms with van der Waals surface area (Å²) in [6.07, 6.45) is 2.07. The van der Waals surface area contributed by atoms with Gasteiger partial charge in [-0.2, -0.15) is 5.10 Å². The highest BCUT2D eigenvalue weighted by Crippen LogP contribution is 2.38. The van der Waals surface area contributed by atoms with Crippen molar-refractivity contribution in [1.82, 2.24) is 9.78 Å². The minimum atomic E-state index is -1.87. The first-order valence-electron chi connectivity index (χ1n) is 11.1.